The van der Waals surface area contributed by atoms with Crippen LogP contribution in [0, 0.1) is 0 Å². The quantitative estimate of drug-likeness (QED) is 0.854. The summed E-state index contributed by atoms with van der Waals surface area (Å²) in [4.78, 5) is 12.2. The van der Waals surface area contributed by atoms with E-state index in [1.165, 1.54) is 19.2 Å². The predicted octanol–water partition coefficient (Wildman–Crippen LogP) is 3.98. The lowest BCUT2D eigenvalue weighted by molar-refractivity contribution is 0.0954. The molecular weight excluding hydrogens is 337 g/mol. The topological polar surface area (TPSA) is 47.6 Å². The van der Waals surface area contributed by atoms with Gasteiger partial charge in [0.1, 0.15) is 5.75 Å². The van der Waals surface area contributed by atoms with Crippen molar-refractivity contribution in [2.45, 2.75) is 6.42 Å². The van der Waals surface area contributed by atoms with Gasteiger partial charge in [-0.05, 0) is 36.2 Å². The van der Waals surface area contributed by atoms with Gasteiger partial charge in [-0.3, -0.25) is 4.79 Å². The second-order valence-electron chi connectivity index (χ2n) is 4.83. The van der Waals surface area contributed by atoms with Crippen LogP contribution in [0.2, 0.25) is 10.0 Å². The molecular formula is C17H17Cl2NO3. The molecule has 2 rings (SSSR count). The number of carbonyl (C=O) groups excluding carboxylic acids is 1. The highest BCUT2D eigenvalue weighted by atomic mass is 35.5. The maximum atomic E-state index is 12.2. The van der Waals surface area contributed by atoms with E-state index in [0.717, 1.165) is 11.3 Å². The maximum Gasteiger partial charge on any atom is 0.251 e. The van der Waals surface area contributed by atoms with Gasteiger partial charge in [0.15, 0.2) is 5.75 Å². The number of halogens is 2. The molecule has 2 aromatic rings. The molecule has 0 aliphatic rings. The van der Waals surface area contributed by atoms with Crippen LogP contribution in [-0.4, -0.2) is 26.7 Å². The average Bonchev–Trinajstić information content (AvgIpc) is 2.55. The number of hydrogen-bond acceptors (Lipinski definition) is 3. The molecule has 0 unspecified atom stereocenters. The van der Waals surface area contributed by atoms with Gasteiger partial charge in [0.2, 0.25) is 0 Å². The number of ether oxygens (including phenoxy) is 2. The van der Waals surface area contributed by atoms with Crippen molar-refractivity contribution in [3.8, 4) is 11.5 Å². The third kappa shape index (κ3) is 4.53. The second kappa shape index (κ2) is 8.09. The minimum absolute atomic E-state index is 0.232. The SMILES string of the molecule is COc1ccc(CCNC(=O)c2cc(Cl)c(OC)c(Cl)c2)cc1. The zero-order chi connectivity index (χ0) is 16.8. The molecule has 0 aromatic heterocycles. The molecule has 2 aromatic carbocycles. The predicted molar refractivity (Wildman–Crippen MR) is 92.0 cm³/mol. The van der Waals surface area contributed by atoms with Gasteiger partial charge in [-0.2, -0.15) is 0 Å². The van der Waals surface area contributed by atoms with E-state index >= 15 is 0 Å². The van der Waals surface area contributed by atoms with Crippen molar-refractivity contribution in [2.75, 3.05) is 20.8 Å². The van der Waals surface area contributed by atoms with Gasteiger partial charge in [0.05, 0.1) is 24.3 Å². The Morgan fingerprint density at radius 2 is 1.65 bits per heavy atom. The van der Waals surface area contributed by atoms with E-state index in [1.807, 2.05) is 24.3 Å². The fourth-order valence-electron chi connectivity index (χ4n) is 2.10. The summed E-state index contributed by atoms with van der Waals surface area (Å²) < 4.78 is 10.2. The van der Waals surface area contributed by atoms with E-state index in [2.05, 4.69) is 5.32 Å². The lowest BCUT2D eigenvalue weighted by atomic mass is 10.1. The highest BCUT2D eigenvalue weighted by molar-refractivity contribution is 6.37. The Hall–Kier alpha value is -1.91. The largest absolute Gasteiger partial charge is 0.497 e. The number of rotatable bonds is 6. The first-order valence-corrected chi connectivity index (χ1v) is 7.75. The van der Waals surface area contributed by atoms with Crippen molar-refractivity contribution in [1.82, 2.24) is 5.32 Å². The van der Waals surface area contributed by atoms with Crippen LogP contribution in [0.4, 0.5) is 0 Å². The average molecular weight is 354 g/mol. The van der Waals surface area contributed by atoms with Crippen LogP contribution in [0.15, 0.2) is 36.4 Å². The molecule has 1 amide bonds. The molecule has 0 radical (unpaired) electrons. The van der Waals surface area contributed by atoms with Gasteiger partial charge in [-0.25, -0.2) is 0 Å². The first kappa shape index (κ1) is 17.4. The van der Waals surface area contributed by atoms with Crippen molar-refractivity contribution in [3.63, 3.8) is 0 Å². The molecule has 0 aliphatic carbocycles. The van der Waals surface area contributed by atoms with E-state index < -0.39 is 0 Å². The van der Waals surface area contributed by atoms with E-state index in [4.69, 9.17) is 32.7 Å². The standard InChI is InChI=1S/C17H17Cl2NO3/c1-22-13-5-3-11(4-6-13)7-8-20-17(21)12-9-14(18)16(23-2)15(19)10-12/h3-6,9-10H,7-8H2,1-2H3,(H,20,21). The van der Waals surface area contributed by atoms with Gasteiger partial charge < -0.3 is 14.8 Å². The molecule has 0 atom stereocenters. The van der Waals surface area contributed by atoms with Crippen LogP contribution < -0.4 is 14.8 Å². The van der Waals surface area contributed by atoms with E-state index in [0.29, 0.717) is 34.3 Å². The van der Waals surface area contributed by atoms with Crippen LogP contribution in [0.5, 0.6) is 11.5 Å². The summed E-state index contributed by atoms with van der Waals surface area (Å²) in [6, 6.07) is 10.8. The smallest absolute Gasteiger partial charge is 0.251 e. The first-order valence-electron chi connectivity index (χ1n) is 6.99. The molecule has 122 valence electrons. The van der Waals surface area contributed by atoms with Gasteiger partial charge in [-0.15, -0.1) is 0 Å². The molecule has 0 spiro atoms. The van der Waals surface area contributed by atoms with Crippen LogP contribution in [-0.2, 0) is 6.42 Å². The van der Waals surface area contributed by atoms with Crippen LogP contribution >= 0.6 is 23.2 Å². The molecule has 1 N–H and O–H groups in total. The number of amides is 1. The molecule has 0 heterocycles. The van der Waals surface area contributed by atoms with E-state index in [-0.39, 0.29) is 5.91 Å². The van der Waals surface area contributed by atoms with Gasteiger partial charge in [-0.1, -0.05) is 35.3 Å². The molecule has 4 nitrogen and oxygen atoms in total. The molecule has 0 saturated carbocycles. The number of carbonyl (C=O) groups is 1. The normalized spacial score (nSPS) is 10.3. The molecule has 0 fully saturated rings. The summed E-state index contributed by atoms with van der Waals surface area (Å²) in [5.74, 6) is 0.938. The molecule has 0 saturated heterocycles. The highest BCUT2D eigenvalue weighted by Gasteiger charge is 2.13. The highest BCUT2D eigenvalue weighted by Crippen LogP contribution is 2.33. The summed E-state index contributed by atoms with van der Waals surface area (Å²) in [5, 5.41) is 3.45. The molecule has 6 heteroatoms. The lowest BCUT2D eigenvalue weighted by Gasteiger charge is -2.09. The minimum atomic E-state index is -0.232. The Balaban J connectivity index is 1.94. The Bertz CT molecular complexity index is 664. The Morgan fingerprint density at radius 1 is 1.04 bits per heavy atom. The first-order chi connectivity index (χ1) is 11.0. The Morgan fingerprint density at radius 3 is 2.17 bits per heavy atom. The van der Waals surface area contributed by atoms with Gasteiger partial charge in [0.25, 0.3) is 5.91 Å². The Kier molecular flexibility index (Phi) is 6.13. The molecule has 0 bridgehead atoms. The summed E-state index contributed by atoms with van der Waals surface area (Å²) in [6.45, 7) is 0.506. The van der Waals surface area contributed by atoms with Crippen LogP contribution in [0.25, 0.3) is 0 Å². The van der Waals surface area contributed by atoms with Crippen LogP contribution in [0.3, 0.4) is 0 Å². The van der Waals surface area contributed by atoms with Gasteiger partial charge >= 0.3 is 0 Å². The molecule has 23 heavy (non-hydrogen) atoms. The van der Waals surface area contributed by atoms with E-state index in [1.54, 1.807) is 7.11 Å². The maximum absolute atomic E-state index is 12.2. The summed E-state index contributed by atoms with van der Waals surface area (Å²) in [7, 11) is 3.10. The van der Waals surface area contributed by atoms with Gasteiger partial charge in [0, 0.05) is 12.1 Å². The fourth-order valence-corrected chi connectivity index (χ4v) is 2.74. The fraction of sp³-hybridized carbons (Fsp3) is 0.235. The van der Waals surface area contributed by atoms with E-state index in [9.17, 15) is 4.79 Å². The van der Waals surface area contributed by atoms with Crippen molar-refractivity contribution in [1.29, 1.82) is 0 Å². The summed E-state index contributed by atoms with van der Waals surface area (Å²) >= 11 is 12.1. The Labute approximate surface area is 145 Å². The summed E-state index contributed by atoms with van der Waals surface area (Å²) in [6.07, 6.45) is 0.716. The third-order valence-corrected chi connectivity index (χ3v) is 3.88. The number of methoxy groups -OCH3 is 2. The van der Waals surface area contributed by atoms with Crippen LogP contribution in [0.1, 0.15) is 15.9 Å². The second-order valence-corrected chi connectivity index (χ2v) is 5.64. The summed E-state index contributed by atoms with van der Waals surface area (Å²) in [5.41, 5.74) is 1.51. The zero-order valence-corrected chi connectivity index (χ0v) is 14.4. The van der Waals surface area contributed by atoms with Crippen molar-refractivity contribution >= 4 is 29.1 Å². The number of nitrogens with one attached hydrogen (secondary N) is 1. The van der Waals surface area contributed by atoms with Crippen molar-refractivity contribution in [3.05, 3.63) is 57.6 Å². The number of hydrogen-bond donors (Lipinski definition) is 1. The minimum Gasteiger partial charge on any atom is -0.497 e. The zero-order valence-electron chi connectivity index (χ0n) is 12.9. The molecule has 0 aliphatic heterocycles. The van der Waals surface area contributed by atoms with Crippen molar-refractivity contribution in [2.24, 2.45) is 0 Å². The monoisotopic (exact) mass is 353 g/mol. The van der Waals surface area contributed by atoms with Crippen molar-refractivity contribution < 1.29 is 14.3 Å². The third-order valence-electron chi connectivity index (χ3n) is 3.32. The number of benzene rings is 2. The lowest BCUT2D eigenvalue weighted by Crippen LogP contribution is -2.25.